The maximum Gasteiger partial charge on any atom is 0.255 e. The topological polar surface area (TPSA) is 117 Å². The number of sulfone groups is 1. The van der Waals surface area contributed by atoms with Crippen molar-refractivity contribution >= 4 is 33.0 Å². The molecule has 2 fully saturated rings. The normalized spacial score (nSPS) is 25.3. The largest absolute Gasteiger partial charge is 0.386 e. The molecular weight excluding hydrogens is 550 g/mol. The van der Waals surface area contributed by atoms with Crippen LogP contribution in [-0.4, -0.2) is 40.4 Å². The summed E-state index contributed by atoms with van der Waals surface area (Å²) in [4.78, 5) is 16.8. The number of aliphatic hydroxyl groups is 2. The molecule has 2 aliphatic rings. The number of carbonyl (C=O) groups is 1. The summed E-state index contributed by atoms with van der Waals surface area (Å²) in [6, 6.07) is 10.2. The van der Waals surface area contributed by atoms with Gasteiger partial charge in [-0.25, -0.2) is 17.2 Å². The van der Waals surface area contributed by atoms with Gasteiger partial charge in [-0.2, -0.15) is 0 Å². The Balaban J connectivity index is 1.39. The molecule has 2 bridgehead atoms. The summed E-state index contributed by atoms with van der Waals surface area (Å²) >= 11 is 6.30. The Morgan fingerprint density at radius 3 is 2.44 bits per heavy atom. The van der Waals surface area contributed by atoms with Crippen molar-refractivity contribution in [1.82, 2.24) is 4.98 Å². The van der Waals surface area contributed by atoms with Crippen LogP contribution in [-0.2, 0) is 9.84 Å². The van der Waals surface area contributed by atoms with Crippen molar-refractivity contribution in [3.63, 3.8) is 0 Å². The van der Waals surface area contributed by atoms with Gasteiger partial charge in [0.25, 0.3) is 5.91 Å². The lowest BCUT2D eigenvalue weighted by Crippen LogP contribution is -2.52. The van der Waals surface area contributed by atoms with E-state index in [2.05, 4.69) is 10.3 Å². The lowest BCUT2D eigenvalue weighted by atomic mass is 9.70. The van der Waals surface area contributed by atoms with Crippen LogP contribution in [0.1, 0.15) is 53.4 Å². The van der Waals surface area contributed by atoms with Crippen molar-refractivity contribution in [2.45, 2.75) is 54.5 Å². The minimum atomic E-state index is -4.04. The van der Waals surface area contributed by atoms with Crippen LogP contribution in [0.3, 0.4) is 0 Å². The number of benzene rings is 2. The average Bonchev–Trinajstić information content (AvgIpc) is 3.06. The molecule has 2 aliphatic carbocycles. The summed E-state index contributed by atoms with van der Waals surface area (Å²) in [5.74, 6) is -3.88. The first kappa shape index (κ1) is 27.6. The number of hydrogen-bond donors (Lipinski definition) is 3. The summed E-state index contributed by atoms with van der Waals surface area (Å²) in [6.45, 7) is 1.80. The first-order valence-corrected chi connectivity index (χ1v) is 14.5. The summed E-state index contributed by atoms with van der Waals surface area (Å²) in [6.07, 6.45) is 1.62. The van der Waals surface area contributed by atoms with Gasteiger partial charge in [0.1, 0.15) is 11.7 Å². The second-order valence-electron chi connectivity index (χ2n) is 10.3. The van der Waals surface area contributed by atoms with Gasteiger partial charge in [-0.15, -0.1) is 0 Å². The number of amides is 1. The Labute approximate surface area is 229 Å². The van der Waals surface area contributed by atoms with E-state index >= 15 is 0 Å². The molecule has 0 saturated heterocycles. The van der Waals surface area contributed by atoms with Gasteiger partial charge in [-0.3, -0.25) is 9.78 Å². The third-order valence-electron chi connectivity index (χ3n) is 8.13. The molecule has 5 atom stereocenters. The fourth-order valence-corrected chi connectivity index (χ4v) is 8.47. The van der Waals surface area contributed by atoms with E-state index in [4.69, 9.17) is 11.6 Å². The van der Waals surface area contributed by atoms with Gasteiger partial charge in [0.05, 0.1) is 20.9 Å². The van der Waals surface area contributed by atoms with Crippen LogP contribution in [0.15, 0.2) is 59.6 Å². The zero-order valence-electron chi connectivity index (χ0n) is 20.9. The van der Waals surface area contributed by atoms with Crippen LogP contribution >= 0.6 is 11.6 Å². The van der Waals surface area contributed by atoms with Crippen LogP contribution in [0.2, 0.25) is 5.02 Å². The first-order chi connectivity index (χ1) is 18.4. The highest BCUT2D eigenvalue weighted by atomic mass is 35.5. The van der Waals surface area contributed by atoms with E-state index in [1.165, 1.54) is 24.3 Å². The van der Waals surface area contributed by atoms with Crippen molar-refractivity contribution in [2.24, 2.45) is 11.8 Å². The molecule has 0 spiro atoms. The molecule has 2 saturated carbocycles. The molecule has 1 amide bonds. The summed E-state index contributed by atoms with van der Waals surface area (Å²) < 4.78 is 54.3. The quantitative estimate of drug-likeness (QED) is 0.380. The number of fused-ring (bicyclic) bond motifs is 2. The SMILES string of the molecule is Cc1cccnc1[C@@H](O)C1(O)[C@@H]2CC[C@H]1CC(S(=O)(=O)c1cc(C(=O)Nc3ccc(F)c(F)c3)ccc1Cl)C2. The maximum absolute atomic E-state index is 13.8. The van der Waals surface area contributed by atoms with E-state index in [1.807, 2.05) is 0 Å². The molecule has 1 heterocycles. The van der Waals surface area contributed by atoms with Gasteiger partial charge >= 0.3 is 0 Å². The monoisotopic (exact) mass is 576 g/mol. The van der Waals surface area contributed by atoms with Gasteiger partial charge < -0.3 is 15.5 Å². The molecule has 39 heavy (non-hydrogen) atoms. The Morgan fingerprint density at radius 2 is 1.79 bits per heavy atom. The van der Waals surface area contributed by atoms with E-state index in [0.717, 1.165) is 17.7 Å². The Kier molecular flexibility index (Phi) is 7.26. The van der Waals surface area contributed by atoms with Crippen LogP contribution in [0.5, 0.6) is 0 Å². The maximum atomic E-state index is 13.8. The number of aliphatic hydroxyl groups excluding tert-OH is 1. The first-order valence-electron chi connectivity index (χ1n) is 12.5. The number of aryl methyl sites for hydroxylation is 1. The van der Waals surface area contributed by atoms with Crippen molar-refractivity contribution in [2.75, 3.05) is 5.32 Å². The van der Waals surface area contributed by atoms with E-state index in [9.17, 15) is 32.2 Å². The number of aromatic nitrogens is 1. The van der Waals surface area contributed by atoms with E-state index in [-0.39, 0.29) is 34.0 Å². The summed E-state index contributed by atoms with van der Waals surface area (Å²) in [7, 11) is -4.04. The molecule has 11 heteroatoms. The summed E-state index contributed by atoms with van der Waals surface area (Å²) in [5.41, 5.74) is -0.429. The zero-order valence-corrected chi connectivity index (χ0v) is 22.5. The Hall–Kier alpha value is -2.92. The molecule has 5 rings (SSSR count). The molecule has 1 aromatic heterocycles. The smallest absolute Gasteiger partial charge is 0.255 e. The average molecular weight is 577 g/mol. The number of halogens is 3. The lowest BCUT2D eigenvalue weighted by molar-refractivity contribution is -0.146. The van der Waals surface area contributed by atoms with Gasteiger partial charge in [-0.05, 0) is 86.4 Å². The van der Waals surface area contributed by atoms with Crippen LogP contribution in [0.25, 0.3) is 0 Å². The Bertz CT molecular complexity index is 1540. The predicted octanol–water partition coefficient (Wildman–Crippen LogP) is 5.00. The highest BCUT2D eigenvalue weighted by Gasteiger charge is 2.59. The molecule has 3 N–H and O–H groups in total. The van der Waals surface area contributed by atoms with Gasteiger partial charge in [-0.1, -0.05) is 17.7 Å². The number of nitrogens with one attached hydrogen (secondary N) is 1. The van der Waals surface area contributed by atoms with Crippen molar-refractivity contribution in [3.8, 4) is 0 Å². The highest BCUT2D eigenvalue weighted by molar-refractivity contribution is 7.92. The minimum Gasteiger partial charge on any atom is -0.386 e. The molecule has 7 nitrogen and oxygen atoms in total. The molecule has 3 aromatic rings. The third-order valence-corrected chi connectivity index (χ3v) is 10.8. The lowest BCUT2D eigenvalue weighted by Gasteiger charge is -2.45. The van der Waals surface area contributed by atoms with Crippen molar-refractivity contribution in [3.05, 3.63) is 88.2 Å². The molecule has 2 aromatic carbocycles. The molecule has 0 radical (unpaired) electrons. The van der Waals surface area contributed by atoms with Gasteiger partial charge in [0, 0.05) is 23.5 Å². The second-order valence-corrected chi connectivity index (χ2v) is 12.9. The molecule has 206 valence electrons. The number of carbonyl (C=O) groups excluding carboxylic acids is 1. The third kappa shape index (κ3) is 4.84. The minimum absolute atomic E-state index is 0.00287. The highest BCUT2D eigenvalue weighted by Crippen LogP contribution is 2.56. The molecular formula is C28H27ClF2N2O5S. The fraction of sp³-hybridized carbons (Fsp3) is 0.357. The fourth-order valence-electron chi connectivity index (χ4n) is 6.06. The zero-order chi connectivity index (χ0) is 28.1. The predicted molar refractivity (Wildman–Crippen MR) is 141 cm³/mol. The van der Waals surface area contributed by atoms with Crippen molar-refractivity contribution < 1.29 is 32.2 Å². The Morgan fingerprint density at radius 1 is 1.10 bits per heavy atom. The second kappa shape index (κ2) is 10.2. The number of pyridine rings is 1. The van der Waals surface area contributed by atoms with Crippen LogP contribution in [0, 0.1) is 30.4 Å². The van der Waals surface area contributed by atoms with Crippen molar-refractivity contribution in [1.29, 1.82) is 0 Å². The number of rotatable bonds is 6. The van der Waals surface area contributed by atoms with Gasteiger partial charge in [0.2, 0.25) is 0 Å². The van der Waals surface area contributed by atoms with Crippen LogP contribution in [0.4, 0.5) is 14.5 Å². The van der Waals surface area contributed by atoms with Gasteiger partial charge in [0.15, 0.2) is 21.5 Å². The number of anilines is 1. The van der Waals surface area contributed by atoms with E-state index in [0.29, 0.717) is 18.5 Å². The standard InChI is InChI=1S/C28H27ClF2N2O5S/c1-15-3-2-10-32-25(15)26(34)28(36)17-5-6-18(28)13-20(12-17)39(37,38)24-11-16(4-8-21(24)29)27(35)33-19-7-9-22(30)23(31)14-19/h2-4,7-11,14,17-18,20,26,34,36H,5-6,12-13H2,1H3,(H,33,35)/t17-,18+,20?,26-,28?/m1/s1. The van der Waals surface area contributed by atoms with Crippen LogP contribution < -0.4 is 5.32 Å². The number of hydrogen-bond acceptors (Lipinski definition) is 6. The molecule has 2 unspecified atom stereocenters. The summed E-state index contributed by atoms with van der Waals surface area (Å²) in [5, 5.41) is 24.4. The van der Waals surface area contributed by atoms with E-state index in [1.54, 1.807) is 25.3 Å². The number of nitrogens with zero attached hydrogens (tertiary/aromatic N) is 1. The van der Waals surface area contributed by atoms with E-state index < -0.39 is 56.2 Å². The molecule has 0 aliphatic heterocycles.